The number of urea groups is 1. The molecule has 2 rings (SSSR count). The number of carbonyl (C=O) groups excluding carboxylic acids is 1. The van der Waals surface area contributed by atoms with E-state index in [1.165, 1.54) is 0 Å². The van der Waals surface area contributed by atoms with Crippen LogP contribution in [0.1, 0.15) is 12.8 Å². The van der Waals surface area contributed by atoms with Crippen LogP contribution in [0.25, 0.3) is 0 Å². The molecule has 7 heteroatoms. The highest BCUT2D eigenvalue weighted by Gasteiger charge is 2.25. The molecule has 0 bridgehead atoms. The van der Waals surface area contributed by atoms with Crippen molar-refractivity contribution in [1.82, 2.24) is 20.4 Å². The molecule has 120 valence electrons. The number of hydrogen-bond acceptors (Lipinski definition) is 5. The molecular formula is C15H23N5O2. The molecule has 0 aromatic carbocycles. The molecule has 1 aromatic rings. The summed E-state index contributed by atoms with van der Waals surface area (Å²) in [6, 6.07) is 3.58. The first kappa shape index (κ1) is 16.1. The van der Waals surface area contributed by atoms with Crippen LogP contribution in [-0.2, 0) is 0 Å². The third kappa shape index (κ3) is 4.34. The highest BCUT2D eigenvalue weighted by Crippen LogP contribution is 2.17. The van der Waals surface area contributed by atoms with E-state index in [1.54, 1.807) is 17.0 Å². The molecule has 7 nitrogen and oxygen atoms in total. The van der Waals surface area contributed by atoms with E-state index in [0.717, 1.165) is 25.2 Å². The van der Waals surface area contributed by atoms with Crippen molar-refractivity contribution in [1.29, 1.82) is 0 Å². The lowest BCUT2D eigenvalue weighted by Gasteiger charge is -2.32. The van der Waals surface area contributed by atoms with Gasteiger partial charge in [-0.1, -0.05) is 6.08 Å². The summed E-state index contributed by atoms with van der Waals surface area (Å²) in [5, 5.41) is 10.9. The van der Waals surface area contributed by atoms with Gasteiger partial charge < -0.3 is 19.9 Å². The number of hydrogen-bond donors (Lipinski definition) is 1. The average molecular weight is 305 g/mol. The number of carbonyl (C=O) groups is 1. The van der Waals surface area contributed by atoms with Gasteiger partial charge in [-0.25, -0.2) is 4.79 Å². The number of likely N-dealkylation sites (tertiary alicyclic amines) is 1. The van der Waals surface area contributed by atoms with Gasteiger partial charge in [0, 0.05) is 33.3 Å². The standard InChI is InChI=1S/C15H23N5O2/c1-4-9-16-15(21)20-10-5-6-12(11-20)22-14-8-7-13(17-18-14)19(2)3/h4,7-8,12H,1,5-6,9-11H2,2-3H3,(H,16,21). The van der Waals surface area contributed by atoms with E-state index in [0.29, 0.717) is 19.0 Å². The molecule has 1 unspecified atom stereocenters. The van der Waals surface area contributed by atoms with Crippen LogP contribution in [0.3, 0.4) is 0 Å². The second-order valence-electron chi connectivity index (χ2n) is 5.43. The Morgan fingerprint density at radius 1 is 1.55 bits per heavy atom. The largest absolute Gasteiger partial charge is 0.471 e. The molecule has 0 spiro atoms. The number of rotatable bonds is 5. The van der Waals surface area contributed by atoms with Crippen molar-refractivity contribution in [3.05, 3.63) is 24.8 Å². The fourth-order valence-corrected chi connectivity index (χ4v) is 2.28. The summed E-state index contributed by atoms with van der Waals surface area (Å²) in [6.45, 7) is 5.36. The maximum atomic E-state index is 12.0. The van der Waals surface area contributed by atoms with Gasteiger partial charge >= 0.3 is 6.03 Å². The summed E-state index contributed by atoms with van der Waals surface area (Å²) in [5.41, 5.74) is 0. The van der Waals surface area contributed by atoms with Crippen LogP contribution in [0, 0.1) is 0 Å². The first-order valence-electron chi connectivity index (χ1n) is 7.41. The molecule has 0 aliphatic carbocycles. The van der Waals surface area contributed by atoms with E-state index in [2.05, 4.69) is 22.1 Å². The minimum Gasteiger partial charge on any atom is -0.471 e. The number of nitrogens with one attached hydrogen (secondary N) is 1. The van der Waals surface area contributed by atoms with Gasteiger partial charge in [-0.2, -0.15) is 0 Å². The number of amides is 2. The monoisotopic (exact) mass is 305 g/mol. The van der Waals surface area contributed by atoms with Crippen LogP contribution in [0.4, 0.5) is 10.6 Å². The quantitative estimate of drug-likeness (QED) is 0.830. The zero-order valence-electron chi connectivity index (χ0n) is 13.2. The summed E-state index contributed by atoms with van der Waals surface area (Å²) in [7, 11) is 3.82. The second kappa shape index (κ2) is 7.63. The zero-order chi connectivity index (χ0) is 15.9. The van der Waals surface area contributed by atoms with Gasteiger partial charge in [0.05, 0.1) is 6.54 Å². The van der Waals surface area contributed by atoms with E-state index in [4.69, 9.17) is 4.74 Å². The van der Waals surface area contributed by atoms with Crippen molar-refractivity contribution in [3.63, 3.8) is 0 Å². The van der Waals surface area contributed by atoms with Crippen LogP contribution in [0.5, 0.6) is 5.88 Å². The topological polar surface area (TPSA) is 70.6 Å². The Balaban J connectivity index is 1.89. The van der Waals surface area contributed by atoms with E-state index >= 15 is 0 Å². The third-order valence-corrected chi connectivity index (χ3v) is 3.43. The highest BCUT2D eigenvalue weighted by atomic mass is 16.5. The predicted molar refractivity (Wildman–Crippen MR) is 85.2 cm³/mol. The van der Waals surface area contributed by atoms with Crippen LogP contribution < -0.4 is 15.0 Å². The first-order chi connectivity index (χ1) is 10.6. The molecule has 1 aromatic heterocycles. The first-order valence-corrected chi connectivity index (χ1v) is 7.41. The van der Waals surface area contributed by atoms with Gasteiger partial charge in [-0.15, -0.1) is 16.8 Å². The van der Waals surface area contributed by atoms with Crippen molar-refractivity contribution >= 4 is 11.8 Å². The number of piperidine rings is 1. The molecule has 1 aliphatic heterocycles. The van der Waals surface area contributed by atoms with Gasteiger partial charge in [-0.05, 0) is 18.9 Å². The summed E-state index contributed by atoms with van der Waals surface area (Å²) in [5.74, 6) is 1.27. The van der Waals surface area contributed by atoms with Crippen molar-refractivity contribution in [2.45, 2.75) is 18.9 Å². The molecule has 22 heavy (non-hydrogen) atoms. The minimum absolute atomic E-state index is 0.0530. The normalized spacial score (nSPS) is 17.7. The fourth-order valence-electron chi connectivity index (χ4n) is 2.28. The van der Waals surface area contributed by atoms with Crippen molar-refractivity contribution in [3.8, 4) is 5.88 Å². The van der Waals surface area contributed by atoms with E-state index < -0.39 is 0 Å². The van der Waals surface area contributed by atoms with E-state index in [9.17, 15) is 4.79 Å². The number of aromatic nitrogens is 2. The maximum Gasteiger partial charge on any atom is 0.317 e. The lowest BCUT2D eigenvalue weighted by molar-refractivity contribution is 0.0974. The maximum absolute atomic E-state index is 12.0. The van der Waals surface area contributed by atoms with Crippen LogP contribution >= 0.6 is 0 Å². The van der Waals surface area contributed by atoms with Gasteiger partial charge in [0.25, 0.3) is 0 Å². The molecule has 2 amide bonds. The SMILES string of the molecule is C=CCNC(=O)N1CCCC(Oc2ccc(N(C)C)nn2)C1. The molecule has 2 heterocycles. The second-order valence-corrected chi connectivity index (χ2v) is 5.43. The average Bonchev–Trinajstić information content (AvgIpc) is 2.53. The smallest absolute Gasteiger partial charge is 0.317 e. The van der Waals surface area contributed by atoms with Gasteiger partial charge in [0.1, 0.15) is 6.10 Å². The Morgan fingerprint density at radius 3 is 3.00 bits per heavy atom. The van der Waals surface area contributed by atoms with Crippen LogP contribution in [0.2, 0.25) is 0 Å². The Kier molecular flexibility index (Phi) is 5.57. The number of anilines is 1. The Morgan fingerprint density at radius 2 is 2.36 bits per heavy atom. The minimum atomic E-state index is -0.0813. The molecule has 1 saturated heterocycles. The Bertz CT molecular complexity index is 503. The summed E-state index contributed by atoms with van der Waals surface area (Å²) in [4.78, 5) is 15.6. The number of ether oxygens (including phenoxy) is 1. The van der Waals surface area contributed by atoms with Crippen LogP contribution in [-0.4, -0.2) is 61.0 Å². The lowest BCUT2D eigenvalue weighted by atomic mass is 10.1. The summed E-state index contributed by atoms with van der Waals surface area (Å²) < 4.78 is 5.84. The third-order valence-electron chi connectivity index (χ3n) is 3.43. The van der Waals surface area contributed by atoms with Gasteiger partial charge in [0.2, 0.25) is 5.88 Å². The molecular weight excluding hydrogens is 282 g/mol. The van der Waals surface area contributed by atoms with Crippen molar-refractivity contribution in [2.24, 2.45) is 0 Å². The Hall–Kier alpha value is -2.31. The summed E-state index contributed by atoms with van der Waals surface area (Å²) in [6.07, 6.45) is 3.43. The van der Waals surface area contributed by atoms with Gasteiger partial charge in [-0.3, -0.25) is 0 Å². The lowest BCUT2D eigenvalue weighted by Crippen LogP contribution is -2.48. The van der Waals surface area contributed by atoms with Gasteiger partial charge in [0.15, 0.2) is 5.82 Å². The van der Waals surface area contributed by atoms with E-state index in [1.807, 2.05) is 25.1 Å². The van der Waals surface area contributed by atoms with Crippen LogP contribution in [0.15, 0.2) is 24.8 Å². The Labute approximate surface area is 131 Å². The molecule has 0 radical (unpaired) electrons. The molecule has 1 N–H and O–H groups in total. The summed E-state index contributed by atoms with van der Waals surface area (Å²) >= 11 is 0. The van der Waals surface area contributed by atoms with Crippen molar-refractivity contribution in [2.75, 3.05) is 38.6 Å². The fraction of sp³-hybridized carbons (Fsp3) is 0.533. The number of nitrogens with zero attached hydrogens (tertiary/aromatic N) is 4. The zero-order valence-corrected chi connectivity index (χ0v) is 13.2. The molecule has 1 atom stereocenters. The molecule has 1 aliphatic rings. The highest BCUT2D eigenvalue weighted by molar-refractivity contribution is 5.74. The predicted octanol–water partition coefficient (Wildman–Crippen LogP) is 1.28. The molecule has 0 saturated carbocycles. The van der Waals surface area contributed by atoms with Crippen molar-refractivity contribution < 1.29 is 9.53 Å². The van der Waals surface area contributed by atoms with E-state index in [-0.39, 0.29) is 12.1 Å². The molecule has 1 fully saturated rings.